The van der Waals surface area contributed by atoms with Crippen LogP contribution in [0.4, 0.5) is 0 Å². The lowest BCUT2D eigenvalue weighted by Gasteiger charge is -1.88. The van der Waals surface area contributed by atoms with Crippen molar-refractivity contribution >= 4 is 6.29 Å². The molecule has 12 heavy (non-hydrogen) atoms. The quantitative estimate of drug-likeness (QED) is 0.351. The number of nitrogens with zero attached hydrogens (tertiary/aromatic N) is 1. The zero-order valence-electron chi connectivity index (χ0n) is 6.27. The minimum Gasteiger partial charge on any atom is -0.298 e. The Bertz CT molecular complexity index is 299. The molecule has 0 spiro atoms. The summed E-state index contributed by atoms with van der Waals surface area (Å²) in [6.45, 7) is 0. The van der Waals surface area contributed by atoms with Crippen LogP contribution in [0.3, 0.4) is 0 Å². The maximum absolute atomic E-state index is 10.3. The van der Waals surface area contributed by atoms with Crippen molar-refractivity contribution in [3.63, 3.8) is 0 Å². The van der Waals surface area contributed by atoms with Crippen molar-refractivity contribution in [2.75, 3.05) is 0 Å². The first-order valence-corrected chi connectivity index (χ1v) is 3.42. The molecule has 0 radical (unpaired) electrons. The molecule has 0 aliphatic heterocycles. The zero-order valence-corrected chi connectivity index (χ0v) is 6.27. The van der Waals surface area contributed by atoms with E-state index in [0.717, 1.165) is 0 Å². The standard InChI is InChI=1S/C8H7NO3/c10-6-7-3-1-2-4-8(5-7)9(11)12/h1,3-6H,2H2. The molecule has 0 unspecified atom stereocenters. The molecular weight excluding hydrogens is 158 g/mol. The van der Waals surface area contributed by atoms with Gasteiger partial charge in [0.1, 0.15) is 6.29 Å². The molecule has 0 aromatic carbocycles. The molecule has 1 aliphatic carbocycles. The van der Waals surface area contributed by atoms with E-state index in [9.17, 15) is 14.9 Å². The third-order valence-electron chi connectivity index (χ3n) is 1.43. The second kappa shape index (κ2) is 3.61. The van der Waals surface area contributed by atoms with E-state index in [0.29, 0.717) is 18.3 Å². The fourth-order valence-electron chi connectivity index (χ4n) is 0.871. The van der Waals surface area contributed by atoms with Crippen molar-refractivity contribution in [1.29, 1.82) is 0 Å². The van der Waals surface area contributed by atoms with Gasteiger partial charge in [-0.1, -0.05) is 12.2 Å². The number of aldehydes is 1. The second-order valence-corrected chi connectivity index (χ2v) is 2.29. The molecule has 0 atom stereocenters. The van der Waals surface area contributed by atoms with Gasteiger partial charge in [0, 0.05) is 11.6 Å². The van der Waals surface area contributed by atoms with Crippen LogP contribution in [0.15, 0.2) is 35.6 Å². The fraction of sp³-hybridized carbons (Fsp3) is 0.125. The SMILES string of the molecule is O=CC1=CC([N+](=O)[O-])=CCC=C1. The molecule has 0 fully saturated rings. The third-order valence-corrected chi connectivity index (χ3v) is 1.43. The van der Waals surface area contributed by atoms with E-state index in [4.69, 9.17) is 0 Å². The molecule has 0 saturated carbocycles. The first kappa shape index (κ1) is 8.39. The summed E-state index contributed by atoms with van der Waals surface area (Å²) >= 11 is 0. The van der Waals surface area contributed by atoms with Gasteiger partial charge in [-0.2, -0.15) is 0 Å². The van der Waals surface area contributed by atoms with Gasteiger partial charge in [-0.25, -0.2) is 0 Å². The van der Waals surface area contributed by atoms with Crippen molar-refractivity contribution in [3.8, 4) is 0 Å². The van der Waals surface area contributed by atoms with Crippen LogP contribution in [0.5, 0.6) is 0 Å². The largest absolute Gasteiger partial charge is 0.298 e. The molecule has 4 heteroatoms. The molecule has 0 aromatic heterocycles. The number of carbonyl (C=O) groups excluding carboxylic acids is 1. The number of hydrogen-bond donors (Lipinski definition) is 0. The van der Waals surface area contributed by atoms with Crippen LogP contribution in [0.2, 0.25) is 0 Å². The summed E-state index contributed by atoms with van der Waals surface area (Å²) in [5.41, 5.74) is 0.303. The van der Waals surface area contributed by atoms with E-state index in [1.807, 2.05) is 0 Å². The van der Waals surface area contributed by atoms with Gasteiger partial charge < -0.3 is 0 Å². The number of carbonyl (C=O) groups is 1. The van der Waals surface area contributed by atoms with Crippen molar-refractivity contribution in [2.24, 2.45) is 0 Å². The van der Waals surface area contributed by atoms with Crippen LogP contribution in [-0.2, 0) is 4.79 Å². The summed E-state index contributed by atoms with van der Waals surface area (Å²) < 4.78 is 0. The Morgan fingerprint density at radius 1 is 1.58 bits per heavy atom. The average molecular weight is 165 g/mol. The van der Waals surface area contributed by atoms with Crippen LogP contribution >= 0.6 is 0 Å². The molecular formula is C8H7NO3. The van der Waals surface area contributed by atoms with Gasteiger partial charge in [-0.15, -0.1) is 0 Å². The zero-order chi connectivity index (χ0) is 8.97. The van der Waals surface area contributed by atoms with Gasteiger partial charge in [0.15, 0.2) is 0 Å². The minimum absolute atomic E-state index is 0.0258. The predicted octanol–water partition coefficient (Wildman–Crippen LogP) is 1.23. The third kappa shape index (κ3) is 1.88. The first-order valence-electron chi connectivity index (χ1n) is 3.42. The summed E-state index contributed by atoms with van der Waals surface area (Å²) in [6.07, 6.45) is 7.09. The van der Waals surface area contributed by atoms with Crippen LogP contribution in [0, 0.1) is 10.1 Å². The topological polar surface area (TPSA) is 60.2 Å². The van der Waals surface area contributed by atoms with E-state index in [-0.39, 0.29) is 5.70 Å². The lowest BCUT2D eigenvalue weighted by molar-refractivity contribution is -0.419. The Labute approximate surface area is 69.0 Å². The van der Waals surface area contributed by atoms with Gasteiger partial charge in [0.05, 0.1) is 4.92 Å². The van der Waals surface area contributed by atoms with Crippen LogP contribution in [0.1, 0.15) is 6.42 Å². The van der Waals surface area contributed by atoms with Crippen molar-refractivity contribution in [3.05, 3.63) is 45.7 Å². The van der Waals surface area contributed by atoms with E-state index in [1.54, 1.807) is 12.2 Å². The Morgan fingerprint density at radius 2 is 2.33 bits per heavy atom. The molecule has 0 aromatic rings. The normalized spacial score (nSPS) is 16.0. The highest BCUT2D eigenvalue weighted by Crippen LogP contribution is 2.09. The number of rotatable bonds is 2. The average Bonchev–Trinajstić information content (AvgIpc) is 2.28. The molecule has 0 amide bonds. The molecule has 1 aliphatic rings. The van der Waals surface area contributed by atoms with Crippen LogP contribution in [0.25, 0.3) is 0 Å². The summed E-state index contributed by atoms with van der Waals surface area (Å²) in [5, 5.41) is 10.3. The summed E-state index contributed by atoms with van der Waals surface area (Å²) in [4.78, 5) is 20.1. The Kier molecular flexibility index (Phi) is 2.53. The van der Waals surface area contributed by atoms with Crippen molar-refractivity contribution in [1.82, 2.24) is 0 Å². The number of nitro groups is 1. The summed E-state index contributed by atoms with van der Waals surface area (Å²) in [5.74, 6) is 0. The Balaban J connectivity index is 2.98. The Morgan fingerprint density at radius 3 is 2.92 bits per heavy atom. The van der Waals surface area contributed by atoms with E-state index >= 15 is 0 Å². The van der Waals surface area contributed by atoms with E-state index in [2.05, 4.69) is 0 Å². The molecule has 0 heterocycles. The summed E-state index contributed by atoms with van der Waals surface area (Å²) in [7, 11) is 0. The molecule has 62 valence electrons. The second-order valence-electron chi connectivity index (χ2n) is 2.29. The minimum atomic E-state index is -0.503. The van der Waals surface area contributed by atoms with Crippen LogP contribution in [-0.4, -0.2) is 11.2 Å². The van der Waals surface area contributed by atoms with Crippen molar-refractivity contribution in [2.45, 2.75) is 6.42 Å². The van der Waals surface area contributed by atoms with Crippen molar-refractivity contribution < 1.29 is 9.72 Å². The maximum Gasteiger partial charge on any atom is 0.266 e. The monoisotopic (exact) mass is 165 g/mol. The highest BCUT2D eigenvalue weighted by Gasteiger charge is 2.08. The van der Waals surface area contributed by atoms with Gasteiger partial charge in [-0.3, -0.25) is 14.9 Å². The maximum atomic E-state index is 10.3. The van der Waals surface area contributed by atoms with Crippen LogP contribution < -0.4 is 0 Å². The van der Waals surface area contributed by atoms with Gasteiger partial charge in [-0.05, 0) is 12.5 Å². The summed E-state index contributed by atoms with van der Waals surface area (Å²) in [6, 6.07) is 0. The van der Waals surface area contributed by atoms with Gasteiger partial charge in [0.25, 0.3) is 5.70 Å². The highest BCUT2D eigenvalue weighted by atomic mass is 16.6. The molecule has 1 rings (SSSR count). The highest BCUT2D eigenvalue weighted by molar-refractivity contribution is 5.78. The first-order chi connectivity index (χ1) is 5.74. The smallest absolute Gasteiger partial charge is 0.266 e. The Hall–Kier alpha value is -1.71. The molecule has 0 N–H and O–H groups in total. The lowest BCUT2D eigenvalue weighted by Crippen LogP contribution is -1.95. The molecule has 0 saturated heterocycles. The van der Waals surface area contributed by atoms with Gasteiger partial charge in [0.2, 0.25) is 0 Å². The van der Waals surface area contributed by atoms with E-state index in [1.165, 1.54) is 12.2 Å². The molecule has 0 bridgehead atoms. The molecule has 4 nitrogen and oxygen atoms in total. The van der Waals surface area contributed by atoms with E-state index < -0.39 is 4.92 Å². The lowest BCUT2D eigenvalue weighted by atomic mass is 10.2. The van der Waals surface area contributed by atoms with Gasteiger partial charge >= 0.3 is 0 Å². The number of hydrogen-bond acceptors (Lipinski definition) is 3. The fourth-order valence-corrected chi connectivity index (χ4v) is 0.871. The number of allylic oxidation sites excluding steroid dienone is 5. The predicted molar refractivity (Wildman–Crippen MR) is 43.0 cm³/mol.